The number of benzene rings is 1. The Bertz CT molecular complexity index is 391. The van der Waals surface area contributed by atoms with Crippen LogP contribution in [0.1, 0.15) is 19.4 Å². The van der Waals surface area contributed by atoms with E-state index >= 15 is 0 Å². The van der Waals surface area contributed by atoms with Crippen molar-refractivity contribution in [2.24, 2.45) is 11.7 Å². The predicted octanol–water partition coefficient (Wildman–Crippen LogP) is 3.18. The van der Waals surface area contributed by atoms with Gasteiger partial charge in [0.1, 0.15) is 4.99 Å². The monoisotopic (exact) mass is 300 g/mol. The highest BCUT2D eigenvalue weighted by Crippen LogP contribution is 2.27. The molecule has 0 atom stereocenters. The Balaban J connectivity index is 2.94. The van der Waals surface area contributed by atoms with Crippen molar-refractivity contribution in [2.75, 3.05) is 18.5 Å². The van der Waals surface area contributed by atoms with Gasteiger partial charge in [0.25, 0.3) is 0 Å². The molecule has 0 aliphatic rings. The molecule has 0 radical (unpaired) electrons. The summed E-state index contributed by atoms with van der Waals surface area (Å²) in [6.45, 7) is 5.42. The lowest BCUT2D eigenvalue weighted by Crippen LogP contribution is -2.23. The molecule has 1 rings (SSSR count). The molecule has 0 fully saturated rings. The second-order valence-electron chi connectivity index (χ2n) is 4.30. The van der Waals surface area contributed by atoms with Crippen LogP contribution in [-0.4, -0.2) is 18.6 Å². The summed E-state index contributed by atoms with van der Waals surface area (Å²) in [5, 5.41) is 0. The van der Waals surface area contributed by atoms with Crippen LogP contribution >= 0.6 is 28.1 Å². The third-order valence-electron chi connectivity index (χ3n) is 2.28. The molecule has 4 heteroatoms. The van der Waals surface area contributed by atoms with Gasteiger partial charge in [0.2, 0.25) is 0 Å². The fourth-order valence-electron chi connectivity index (χ4n) is 1.62. The molecule has 0 unspecified atom stereocenters. The fourth-order valence-corrected chi connectivity index (χ4v) is 2.42. The van der Waals surface area contributed by atoms with Crippen molar-refractivity contribution in [3.63, 3.8) is 0 Å². The topological polar surface area (TPSA) is 29.3 Å². The van der Waals surface area contributed by atoms with Gasteiger partial charge in [-0.3, -0.25) is 0 Å². The third kappa shape index (κ3) is 3.46. The van der Waals surface area contributed by atoms with Crippen LogP contribution in [0, 0.1) is 5.92 Å². The van der Waals surface area contributed by atoms with Crippen LogP contribution in [0.2, 0.25) is 0 Å². The predicted molar refractivity (Wildman–Crippen MR) is 78.1 cm³/mol. The molecule has 0 saturated heterocycles. The van der Waals surface area contributed by atoms with Crippen molar-refractivity contribution in [2.45, 2.75) is 13.8 Å². The van der Waals surface area contributed by atoms with Gasteiger partial charge in [0, 0.05) is 23.6 Å². The highest BCUT2D eigenvalue weighted by molar-refractivity contribution is 9.10. The molecule has 0 bridgehead atoms. The first-order valence-electron chi connectivity index (χ1n) is 5.22. The van der Waals surface area contributed by atoms with Crippen molar-refractivity contribution in [3.8, 4) is 0 Å². The summed E-state index contributed by atoms with van der Waals surface area (Å²) in [5.41, 5.74) is 7.64. The van der Waals surface area contributed by atoms with E-state index < -0.39 is 0 Å². The molecule has 0 saturated carbocycles. The molecule has 0 aliphatic heterocycles. The SMILES string of the molecule is CC(C)CN(C)c1ccc(C(N)=S)cc1Br. The average molecular weight is 301 g/mol. The molecule has 0 aliphatic carbocycles. The Labute approximate surface area is 111 Å². The van der Waals surface area contributed by atoms with Gasteiger partial charge < -0.3 is 10.6 Å². The van der Waals surface area contributed by atoms with Crippen LogP contribution in [0.5, 0.6) is 0 Å². The molecule has 2 N–H and O–H groups in total. The molecular weight excluding hydrogens is 284 g/mol. The standard InChI is InChI=1S/C12H17BrN2S/c1-8(2)7-15(3)11-5-4-9(12(14)16)6-10(11)13/h4-6,8H,7H2,1-3H3,(H2,14,16). The van der Waals surface area contributed by atoms with Gasteiger partial charge in [-0.2, -0.15) is 0 Å². The molecule has 0 aromatic heterocycles. The Hall–Kier alpha value is -0.610. The summed E-state index contributed by atoms with van der Waals surface area (Å²) in [7, 11) is 2.08. The first-order valence-corrected chi connectivity index (χ1v) is 6.42. The zero-order chi connectivity index (χ0) is 12.3. The van der Waals surface area contributed by atoms with E-state index in [1.54, 1.807) is 0 Å². The van der Waals surface area contributed by atoms with Crippen LogP contribution in [0.4, 0.5) is 5.69 Å². The normalized spacial score (nSPS) is 10.6. The fraction of sp³-hybridized carbons (Fsp3) is 0.417. The zero-order valence-corrected chi connectivity index (χ0v) is 12.2. The van der Waals surface area contributed by atoms with Gasteiger partial charge in [-0.15, -0.1) is 0 Å². The van der Waals surface area contributed by atoms with E-state index in [2.05, 4.69) is 41.7 Å². The maximum absolute atomic E-state index is 5.59. The van der Waals surface area contributed by atoms with Gasteiger partial charge >= 0.3 is 0 Å². The zero-order valence-electron chi connectivity index (χ0n) is 9.83. The minimum absolute atomic E-state index is 0.429. The highest BCUT2D eigenvalue weighted by Gasteiger charge is 2.08. The number of hydrogen-bond acceptors (Lipinski definition) is 2. The van der Waals surface area contributed by atoms with Crippen molar-refractivity contribution >= 4 is 38.8 Å². The van der Waals surface area contributed by atoms with Crippen LogP contribution < -0.4 is 10.6 Å². The Morgan fingerprint density at radius 2 is 2.12 bits per heavy atom. The highest BCUT2D eigenvalue weighted by atomic mass is 79.9. The molecule has 1 aromatic rings. The van der Waals surface area contributed by atoms with E-state index in [-0.39, 0.29) is 0 Å². The van der Waals surface area contributed by atoms with Gasteiger partial charge in [-0.05, 0) is 40.0 Å². The summed E-state index contributed by atoms with van der Waals surface area (Å²) in [6.07, 6.45) is 0. The molecule has 0 heterocycles. The van der Waals surface area contributed by atoms with Crippen LogP contribution in [0.3, 0.4) is 0 Å². The minimum atomic E-state index is 0.429. The summed E-state index contributed by atoms with van der Waals surface area (Å²) >= 11 is 8.49. The lowest BCUT2D eigenvalue weighted by atomic mass is 10.1. The number of anilines is 1. The van der Waals surface area contributed by atoms with Crippen molar-refractivity contribution in [1.29, 1.82) is 0 Å². The van der Waals surface area contributed by atoms with Crippen molar-refractivity contribution in [3.05, 3.63) is 28.2 Å². The number of thiocarbonyl (C=S) groups is 1. The summed E-state index contributed by atoms with van der Waals surface area (Å²) in [6, 6.07) is 5.97. The smallest absolute Gasteiger partial charge is 0.104 e. The van der Waals surface area contributed by atoms with E-state index in [9.17, 15) is 0 Å². The van der Waals surface area contributed by atoms with Crippen LogP contribution in [0.15, 0.2) is 22.7 Å². The molecule has 1 aromatic carbocycles. The van der Waals surface area contributed by atoms with E-state index in [0.717, 1.165) is 22.3 Å². The molecule has 2 nitrogen and oxygen atoms in total. The second kappa shape index (κ2) is 5.64. The summed E-state index contributed by atoms with van der Waals surface area (Å²) in [4.78, 5) is 2.65. The molecule has 16 heavy (non-hydrogen) atoms. The number of halogens is 1. The van der Waals surface area contributed by atoms with Crippen molar-refractivity contribution in [1.82, 2.24) is 0 Å². The maximum atomic E-state index is 5.59. The van der Waals surface area contributed by atoms with E-state index in [0.29, 0.717) is 10.9 Å². The lowest BCUT2D eigenvalue weighted by Gasteiger charge is -2.23. The largest absolute Gasteiger partial charge is 0.389 e. The Morgan fingerprint density at radius 3 is 2.56 bits per heavy atom. The molecule has 0 amide bonds. The average Bonchev–Trinajstić information content (AvgIpc) is 2.15. The van der Waals surface area contributed by atoms with Crippen LogP contribution in [0.25, 0.3) is 0 Å². The van der Waals surface area contributed by atoms with Gasteiger partial charge in [0.05, 0.1) is 5.69 Å². The van der Waals surface area contributed by atoms with Crippen molar-refractivity contribution < 1.29 is 0 Å². The maximum Gasteiger partial charge on any atom is 0.104 e. The first kappa shape index (κ1) is 13.5. The van der Waals surface area contributed by atoms with Gasteiger partial charge in [-0.25, -0.2) is 0 Å². The Kier molecular flexibility index (Phi) is 4.74. The quantitative estimate of drug-likeness (QED) is 0.866. The summed E-state index contributed by atoms with van der Waals surface area (Å²) < 4.78 is 1.03. The Morgan fingerprint density at radius 1 is 1.50 bits per heavy atom. The summed E-state index contributed by atoms with van der Waals surface area (Å²) in [5.74, 6) is 0.632. The van der Waals surface area contributed by atoms with Gasteiger partial charge in [-0.1, -0.05) is 26.1 Å². The molecular formula is C12H17BrN2S. The number of nitrogens with two attached hydrogens (primary N) is 1. The lowest BCUT2D eigenvalue weighted by molar-refractivity contribution is 0.638. The molecule has 88 valence electrons. The van der Waals surface area contributed by atoms with Gasteiger partial charge in [0.15, 0.2) is 0 Å². The van der Waals surface area contributed by atoms with E-state index in [1.165, 1.54) is 0 Å². The number of rotatable bonds is 4. The second-order valence-corrected chi connectivity index (χ2v) is 5.60. The molecule has 0 spiro atoms. The van der Waals surface area contributed by atoms with Crippen LogP contribution in [-0.2, 0) is 0 Å². The first-order chi connectivity index (χ1) is 7.41. The number of hydrogen-bond donors (Lipinski definition) is 1. The van der Waals surface area contributed by atoms with E-state index in [4.69, 9.17) is 18.0 Å². The van der Waals surface area contributed by atoms with E-state index in [1.807, 2.05) is 18.2 Å². The number of nitrogens with zero attached hydrogens (tertiary/aromatic N) is 1. The minimum Gasteiger partial charge on any atom is -0.389 e. The third-order valence-corrected chi connectivity index (χ3v) is 3.15.